The van der Waals surface area contributed by atoms with Gasteiger partial charge in [-0.1, -0.05) is 12.5 Å². The van der Waals surface area contributed by atoms with E-state index in [-0.39, 0.29) is 11.9 Å². The maximum Gasteiger partial charge on any atom is 0.241 e. The average Bonchev–Trinajstić information content (AvgIpc) is 3.13. The molecule has 4 rings (SSSR count). The third-order valence-electron chi connectivity index (χ3n) is 4.90. The van der Waals surface area contributed by atoms with Gasteiger partial charge in [0.05, 0.1) is 11.7 Å². The number of rotatable bonds is 4. The monoisotopic (exact) mass is 334 g/mol. The van der Waals surface area contributed by atoms with Crippen LogP contribution in [0.1, 0.15) is 24.8 Å². The van der Waals surface area contributed by atoms with Crippen LogP contribution >= 0.6 is 0 Å². The van der Waals surface area contributed by atoms with Crippen LogP contribution in [-0.2, 0) is 11.3 Å². The first-order valence-corrected chi connectivity index (χ1v) is 8.81. The van der Waals surface area contributed by atoms with Crippen LogP contribution in [0.3, 0.4) is 0 Å². The van der Waals surface area contributed by atoms with Crippen LogP contribution in [0.2, 0.25) is 0 Å². The molecular weight excluding hydrogens is 312 g/mol. The van der Waals surface area contributed by atoms with Crippen LogP contribution in [0.25, 0.3) is 10.9 Å². The number of nitrogens with one attached hydrogen (secondary N) is 2. The van der Waals surface area contributed by atoms with E-state index in [1.54, 1.807) is 12.4 Å². The Morgan fingerprint density at radius 2 is 2.08 bits per heavy atom. The highest BCUT2D eigenvalue weighted by Gasteiger charge is 2.29. The predicted molar refractivity (Wildman–Crippen MR) is 99.2 cm³/mol. The molecule has 3 aromatic rings. The van der Waals surface area contributed by atoms with E-state index in [0.717, 1.165) is 48.9 Å². The van der Waals surface area contributed by atoms with E-state index >= 15 is 0 Å². The molecule has 5 heteroatoms. The number of piperidine rings is 1. The van der Waals surface area contributed by atoms with Crippen molar-refractivity contribution in [2.75, 3.05) is 11.9 Å². The Morgan fingerprint density at radius 3 is 2.96 bits per heavy atom. The summed E-state index contributed by atoms with van der Waals surface area (Å²) in [4.78, 5) is 22.5. The van der Waals surface area contributed by atoms with Gasteiger partial charge in [-0.05, 0) is 55.3 Å². The van der Waals surface area contributed by atoms with Gasteiger partial charge in [-0.25, -0.2) is 0 Å². The highest BCUT2D eigenvalue weighted by molar-refractivity contribution is 6.03. The molecule has 1 fully saturated rings. The summed E-state index contributed by atoms with van der Waals surface area (Å²) in [7, 11) is 0. The molecule has 1 aliphatic heterocycles. The number of carbonyl (C=O) groups excluding carboxylic acids is 1. The first kappa shape index (κ1) is 15.8. The van der Waals surface area contributed by atoms with Gasteiger partial charge in [-0.2, -0.15) is 0 Å². The molecule has 128 valence electrons. The third-order valence-corrected chi connectivity index (χ3v) is 4.90. The van der Waals surface area contributed by atoms with E-state index in [0.29, 0.717) is 0 Å². The number of amides is 1. The average molecular weight is 334 g/mol. The molecule has 2 aromatic heterocycles. The molecule has 0 bridgehead atoms. The number of aromatic amines is 1. The molecule has 2 N–H and O–H groups in total. The number of H-pyrrole nitrogens is 1. The largest absolute Gasteiger partial charge is 0.361 e. The van der Waals surface area contributed by atoms with Gasteiger partial charge >= 0.3 is 0 Å². The molecule has 0 aliphatic carbocycles. The molecule has 1 amide bonds. The zero-order valence-corrected chi connectivity index (χ0v) is 14.1. The van der Waals surface area contributed by atoms with Gasteiger partial charge in [-0.3, -0.25) is 14.7 Å². The van der Waals surface area contributed by atoms with Gasteiger partial charge < -0.3 is 10.3 Å². The number of benzene rings is 1. The molecule has 1 aromatic carbocycles. The molecule has 1 atom stereocenters. The zero-order valence-electron chi connectivity index (χ0n) is 14.1. The molecule has 0 unspecified atom stereocenters. The van der Waals surface area contributed by atoms with Crippen LogP contribution < -0.4 is 5.32 Å². The topological polar surface area (TPSA) is 61.0 Å². The number of nitrogens with zero attached hydrogens (tertiary/aromatic N) is 2. The van der Waals surface area contributed by atoms with Crippen LogP contribution in [0, 0.1) is 0 Å². The molecule has 0 spiro atoms. The van der Waals surface area contributed by atoms with Gasteiger partial charge in [0.15, 0.2) is 0 Å². The van der Waals surface area contributed by atoms with Gasteiger partial charge in [0.1, 0.15) is 0 Å². The molecule has 0 saturated carbocycles. The first-order valence-electron chi connectivity index (χ1n) is 8.81. The predicted octanol–water partition coefficient (Wildman–Crippen LogP) is 3.56. The van der Waals surface area contributed by atoms with Crippen molar-refractivity contribution in [3.63, 3.8) is 0 Å². The SMILES string of the molecule is O=C(Nc1cccc2[nH]ccc12)[C@H]1CCCCN1Cc1ccncc1. The van der Waals surface area contributed by atoms with Crippen LogP contribution in [-0.4, -0.2) is 33.4 Å². The molecular formula is C20H22N4O. The molecule has 3 heterocycles. The van der Waals surface area contributed by atoms with Crippen molar-refractivity contribution >= 4 is 22.5 Å². The number of anilines is 1. The van der Waals surface area contributed by atoms with Gasteiger partial charge in [0.25, 0.3) is 0 Å². The van der Waals surface area contributed by atoms with Crippen molar-refractivity contribution in [3.8, 4) is 0 Å². The standard InChI is InChI=1S/C20H22N4O/c25-20(23-18-5-3-4-17-16(18)9-12-22-17)19-6-1-2-13-24(19)14-15-7-10-21-11-8-15/h3-5,7-12,19,22H,1-2,6,13-14H2,(H,23,25)/t19-/m1/s1. The van der Waals surface area contributed by atoms with Crippen molar-refractivity contribution in [1.82, 2.24) is 14.9 Å². The number of hydrogen-bond acceptors (Lipinski definition) is 3. The van der Waals surface area contributed by atoms with E-state index in [1.807, 2.05) is 42.6 Å². The van der Waals surface area contributed by atoms with Crippen molar-refractivity contribution in [1.29, 1.82) is 0 Å². The Labute approximate surface area is 147 Å². The van der Waals surface area contributed by atoms with E-state index in [1.165, 1.54) is 5.56 Å². The Kier molecular flexibility index (Phi) is 4.48. The Balaban J connectivity index is 1.52. The minimum Gasteiger partial charge on any atom is -0.361 e. The molecule has 0 radical (unpaired) electrons. The summed E-state index contributed by atoms with van der Waals surface area (Å²) in [6, 6.07) is 11.9. The van der Waals surface area contributed by atoms with E-state index in [9.17, 15) is 4.79 Å². The van der Waals surface area contributed by atoms with Gasteiger partial charge in [-0.15, -0.1) is 0 Å². The second-order valence-electron chi connectivity index (χ2n) is 6.57. The Hall–Kier alpha value is -2.66. The van der Waals surface area contributed by atoms with Crippen molar-refractivity contribution < 1.29 is 4.79 Å². The van der Waals surface area contributed by atoms with E-state index < -0.39 is 0 Å². The van der Waals surface area contributed by atoms with E-state index in [4.69, 9.17) is 0 Å². The summed E-state index contributed by atoms with van der Waals surface area (Å²) in [5.74, 6) is 0.0856. The number of hydrogen-bond donors (Lipinski definition) is 2. The number of fused-ring (bicyclic) bond motifs is 1. The van der Waals surface area contributed by atoms with Crippen LogP contribution in [0.5, 0.6) is 0 Å². The fourth-order valence-electron chi connectivity index (χ4n) is 3.61. The smallest absolute Gasteiger partial charge is 0.241 e. The maximum atomic E-state index is 13.0. The second kappa shape index (κ2) is 7.07. The Bertz CT molecular complexity index is 858. The molecule has 5 nitrogen and oxygen atoms in total. The molecule has 1 saturated heterocycles. The number of pyridine rings is 1. The van der Waals surface area contributed by atoms with Gasteiger partial charge in [0.2, 0.25) is 5.91 Å². The minimum atomic E-state index is -0.0869. The van der Waals surface area contributed by atoms with Crippen LogP contribution in [0.4, 0.5) is 5.69 Å². The van der Waals surface area contributed by atoms with Crippen molar-refractivity contribution in [2.45, 2.75) is 31.8 Å². The second-order valence-corrected chi connectivity index (χ2v) is 6.57. The Morgan fingerprint density at radius 1 is 1.20 bits per heavy atom. The first-order chi connectivity index (χ1) is 12.3. The summed E-state index contributed by atoms with van der Waals surface area (Å²) in [6.45, 7) is 1.74. The number of likely N-dealkylation sites (tertiary alicyclic amines) is 1. The summed E-state index contributed by atoms with van der Waals surface area (Å²) < 4.78 is 0. The number of carbonyl (C=O) groups is 1. The summed E-state index contributed by atoms with van der Waals surface area (Å²) in [5.41, 5.74) is 3.11. The normalized spacial score (nSPS) is 18.3. The van der Waals surface area contributed by atoms with Gasteiger partial charge in [0, 0.05) is 36.0 Å². The lowest BCUT2D eigenvalue weighted by Gasteiger charge is -2.34. The summed E-state index contributed by atoms with van der Waals surface area (Å²) in [5, 5.41) is 4.19. The van der Waals surface area contributed by atoms with Crippen molar-refractivity contribution in [2.24, 2.45) is 0 Å². The lowest BCUT2D eigenvalue weighted by atomic mass is 10.00. The number of aromatic nitrogens is 2. The lowest BCUT2D eigenvalue weighted by Crippen LogP contribution is -2.46. The summed E-state index contributed by atoms with van der Waals surface area (Å²) in [6.07, 6.45) is 8.65. The lowest BCUT2D eigenvalue weighted by molar-refractivity contribution is -0.122. The van der Waals surface area contributed by atoms with Crippen molar-refractivity contribution in [3.05, 3.63) is 60.6 Å². The summed E-state index contributed by atoms with van der Waals surface area (Å²) >= 11 is 0. The fraction of sp³-hybridized carbons (Fsp3) is 0.300. The minimum absolute atomic E-state index is 0.0856. The van der Waals surface area contributed by atoms with E-state index in [2.05, 4.69) is 20.2 Å². The zero-order chi connectivity index (χ0) is 17.1. The fourth-order valence-corrected chi connectivity index (χ4v) is 3.61. The highest BCUT2D eigenvalue weighted by atomic mass is 16.2. The maximum absolute atomic E-state index is 13.0. The molecule has 25 heavy (non-hydrogen) atoms. The third kappa shape index (κ3) is 3.42. The highest BCUT2D eigenvalue weighted by Crippen LogP contribution is 2.25. The van der Waals surface area contributed by atoms with Crippen LogP contribution in [0.15, 0.2) is 55.0 Å². The molecule has 1 aliphatic rings. The quantitative estimate of drug-likeness (QED) is 0.767.